The smallest absolute Gasteiger partial charge is 0.214 e. The van der Waals surface area contributed by atoms with Gasteiger partial charge in [0.1, 0.15) is 5.84 Å². The summed E-state index contributed by atoms with van der Waals surface area (Å²) >= 11 is 0. The van der Waals surface area contributed by atoms with Crippen molar-refractivity contribution in [1.29, 1.82) is 5.41 Å². The monoisotopic (exact) mass is 278 g/mol. The van der Waals surface area contributed by atoms with Gasteiger partial charge >= 0.3 is 0 Å². The summed E-state index contributed by atoms with van der Waals surface area (Å²) in [5.74, 6) is 11.6. The predicted octanol–water partition coefficient (Wildman–Crippen LogP) is -0.354. The van der Waals surface area contributed by atoms with Crippen LogP contribution in [0.5, 0.6) is 0 Å². The fourth-order valence-electron chi connectivity index (χ4n) is 2.66. The number of amidine groups is 1. The van der Waals surface area contributed by atoms with Crippen LogP contribution < -0.4 is 28.2 Å². The molecule has 2 atom stereocenters. The Kier molecular flexibility index (Phi) is 4.11. The predicted molar refractivity (Wildman–Crippen MR) is 78.2 cm³/mol. The lowest BCUT2D eigenvalue weighted by Crippen LogP contribution is -2.40. The number of nitrogens with zero attached hydrogens (tertiary/aromatic N) is 3. The maximum absolute atomic E-state index is 7.65. The van der Waals surface area contributed by atoms with Crippen molar-refractivity contribution >= 4 is 11.5 Å². The number of hydrogen-bond donors (Lipinski definition) is 5. The molecular weight excluding hydrogens is 256 g/mol. The van der Waals surface area contributed by atoms with Crippen molar-refractivity contribution in [2.24, 2.45) is 22.6 Å². The van der Waals surface area contributed by atoms with Crippen molar-refractivity contribution in [3.63, 3.8) is 0 Å². The number of nitrogen functional groups attached to an aromatic ring is 2. The number of hydrogen-bond acceptors (Lipinski definition) is 6. The SMILES string of the molecule is CC1CCCCC1Nc1c(C(=N)N)cnn(N)/c1=N\N. The zero-order valence-corrected chi connectivity index (χ0v) is 11.6. The first-order chi connectivity index (χ1) is 9.54. The van der Waals surface area contributed by atoms with Crippen LogP contribution in [0.1, 0.15) is 38.2 Å². The first kappa shape index (κ1) is 14.2. The second-order valence-electron chi connectivity index (χ2n) is 5.26. The molecule has 2 unspecified atom stereocenters. The van der Waals surface area contributed by atoms with Crippen molar-refractivity contribution in [3.05, 3.63) is 17.2 Å². The van der Waals surface area contributed by atoms with E-state index < -0.39 is 0 Å². The summed E-state index contributed by atoms with van der Waals surface area (Å²) < 4.78 is 0. The zero-order valence-electron chi connectivity index (χ0n) is 11.6. The summed E-state index contributed by atoms with van der Waals surface area (Å²) in [6.45, 7) is 2.21. The van der Waals surface area contributed by atoms with Crippen LogP contribution in [0.4, 0.5) is 5.69 Å². The van der Waals surface area contributed by atoms with E-state index in [9.17, 15) is 0 Å². The summed E-state index contributed by atoms with van der Waals surface area (Å²) in [4.78, 5) is 1.09. The van der Waals surface area contributed by atoms with E-state index in [0.717, 1.165) is 11.2 Å². The first-order valence-corrected chi connectivity index (χ1v) is 6.77. The highest BCUT2D eigenvalue weighted by molar-refractivity contribution is 5.99. The van der Waals surface area contributed by atoms with Crippen molar-refractivity contribution in [3.8, 4) is 0 Å². The summed E-state index contributed by atoms with van der Waals surface area (Å²) in [5.41, 5.74) is 6.93. The quantitative estimate of drug-likeness (QED) is 0.222. The minimum Gasteiger partial charge on any atom is -0.384 e. The Balaban J connectivity index is 2.43. The zero-order chi connectivity index (χ0) is 14.7. The lowest BCUT2D eigenvalue weighted by molar-refractivity contribution is 0.349. The molecule has 1 fully saturated rings. The Morgan fingerprint density at radius 2 is 2.20 bits per heavy atom. The number of nitrogens with two attached hydrogens (primary N) is 3. The van der Waals surface area contributed by atoms with Gasteiger partial charge in [-0.05, 0) is 18.8 Å². The van der Waals surface area contributed by atoms with E-state index >= 15 is 0 Å². The van der Waals surface area contributed by atoms with Crippen molar-refractivity contribution in [2.75, 3.05) is 11.2 Å². The van der Waals surface area contributed by atoms with Gasteiger partial charge in [0.05, 0.1) is 17.4 Å². The Bertz CT molecular complexity index is 561. The maximum atomic E-state index is 7.65. The largest absolute Gasteiger partial charge is 0.384 e. The molecule has 8 N–H and O–H groups in total. The topological polar surface area (TPSA) is 144 Å². The van der Waals surface area contributed by atoms with Gasteiger partial charge in [-0.3, -0.25) is 5.41 Å². The van der Waals surface area contributed by atoms with Crippen molar-refractivity contribution in [2.45, 2.75) is 38.6 Å². The van der Waals surface area contributed by atoms with Gasteiger partial charge in [-0.15, -0.1) is 0 Å². The molecule has 1 aliphatic rings. The molecule has 2 rings (SSSR count). The lowest BCUT2D eigenvalue weighted by atomic mass is 9.86. The van der Waals surface area contributed by atoms with Gasteiger partial charge < -0.3 is 22.7 Å². The van der Waals surface area contributed by atoms with Crippen LogP contribution in [0, 0.1) is 11.3 Å². The maximum Gasteiger partial charge on any atom is 0.214 e. The van der Waals surface area contributed by atoms with E-state index in [1.807, 2.05) is 0 Å². The van der Waals surface area contributed by atoms with Gasteiger partial charge in [0.25, 0.3) is 0 Å². The summed E-state index contributed by atoms with van der Waals surface area (Å²) in [7, 11) is 0. The van der Waals surface area contributed by atoms with E-state index in [4.69, 9.17) is 22.8 Å². The third kappa shape index (κ3) is 2.68. The van der Waals surface area contributed by atoms with Crippen molar-refractivity contribution < 1.29 is 0 Å². The Labute approximate surface area is 117 Å². The van der Waals surface area contributed by atoms with E-state index in [2.05, 4.69) is 22.4 Å². The Morgan fingerprint density at radius 1 is 1.50 bits per heavy atom. The van der Waals surface area contributed by atoms with Crippen LogP contribution in [0.15, 0.2) is 11.3 Å². The van der Waals surface area contributed by atoms with E-state index in [0.29, 0.717) is 23.2 Å². The molecule has 0 aromatic carbocycles. The molecule has 1 heterocycles. The average Bonchev–Trinajstić information content (AvgIpc) is 2.41. The molecule has 8 heteroatoms. The van der Waals surface area contributed by atoms with Crippen LogP contribution in [-0.4, -0.2) is 21.8 Å². The lowest BCUT2D eigenvalue weighted by Gasteiger charge is -2.31. The minimum absolute atomic E-state index is 0.0889. The third-order valence-corrected chi connectivity index (χ3v) is 3.87. The van der Waals surface area contributed by atoms with Gasteiger partial charge in [0.15, 0.2) is 0 Å². The molecule has 0 bridgehead atoms. The van der Waals surface area contributed by atoms with Gasteiger partial charge in [-0.1, -0.05) is 19.8 Å². The number of rotatable bonds is 3. The number of anilines is 1. The summed E-state index contributed by atoms with van der Waals surface area (Å²) in [6, 6.07) is 0.296. The second-order valence-corrected chi connectivity index (χ2v) is 5.26. The summed E-state index contributed by atoms with van der Waals surface area (Å²) in [6.07, 6.45) is 6.12. The molecule has 1 aromatic heterocycles. The van der Waals surface area contributed by atoms with E-state index in [-0.39, 0.29) is 11.3 Å². The van der Waals surface area contributed by atoms with E-state index in [1.165, 1.54) is 25.5 Å². The molecule has 20 heavy (non-hydrogen) atoms. The molecule has 0 spiro atoms. The third-order valence-electron chi connectivity index (χ3n) is 3.87. The molecule has 1 saturated carbocycles. The fourth-order valence-corrected chi connectivity index (χ4v) is 2.66. The van der Waals surface area contributed by atoms with Gasteiger partial charge in [0, 0.05) is 6.04 Å². The molecule has 0 aliphatic heterocycles. The van der Waals surface area contributed by atoms with Crippen LogP contribution >= 0.6 is 0 Å². The molecule has 1 aliphatic carbocycles. The summed E-state index contributed by atoms with van der Waals surface area (Å²) in [5, 5.41) is 18.6. The molecule has 0 radical (unpaired) electrons. The van der Waals surface area contributed by atoms with Crippen molar-refractivity contribution in [1.82, 2.24) is 9.89 Å². The Morgan fingerprint density at radius 3 is 2.80 bits per heavy atom. The molecule has 0 saturated heterocycles. The Hall–Kier alpha value is -2.25. The van der Waals surface area contributed by atoms with E-state index in [1.54, 1.807) is 0 Å². The number of nitrogens with one attached hydrogen (secondary N) is 2. The molecular formula is C12H22N8. The van der Waals surface area contributed by atoms with Crippen LogP contribution in [0.3, 0.4) is 0 Å². The van der Waals surface area contributed by atoms with Crippen LogP contribution in [-0.2, 0) is 0 Å². The average molecular weight is 278 g/mol. The van der Waals surface area contributed by atoms with Gasteiger partial charge in [-0.2, -0.15) is 15.0 Å². The number of aromatic nitrogens is 2. The normalized spacial score (nSPS) is 23.6. The van der Waals surface area contributed by atoms with Crippen LogP contribution in [0.2, 0.25) is 0 Å². The minimum atomic E-state index is -0.0889. The second kappa shape index (κ2) is 5.81. The molecule has 8 nitrogen and oxygen atoms in total. The fraction of sp³-hybridized carbons (Fsp3) is 0.583. The van der Waals surface area contributed by atoms with Gasteiger partial charge in [-0.25, -0.2) is 0 Å². The van der Waals surface area contributed by atoms with Crippen LogP contribution in [0.25, 0.3) is 0 Å². The first-order valence-electron chi connectivity index (χ1n) is 6.77. The molecule has 1 aromatic rings. The van der Waals surface area contributed by atoms with Gasteiger partial charge in [0.2, 0.25) is 5.49 Å². The molecule has 0 amide bonds. The highest BCUT2D eigenvalue weighted by Gasteiger charge is 2.23. The highest BCUT2D eigenvalue weighted by atomic mass is 15.5. The highest BCUT2D eigenvalue weighted by Crippen LogP contribution is 2.26. The standard InChI is InChI=1S/C12H22N8/c1-7-4-2-3-5-9(7)18-10-8(11(13)14)6-17-20(16)12(10)19-15/h6-7,9,18H,2-5,15-16H2,1H3,(H3,13,14)/b19-12-. The molecule has 110 valence electrons.